The SMILES string of the molecule is C[C@H](c1c(Cl)ccc(C2CC2)c1Cl)n1cnc2cnc(Br)cc21. The number of benzene rings is 1. The molecule has 0 N–H and O–H groups in total. The van der Waals surface area contributed by atoms with Crippen molar-refractivity contribution in [2.24, 2.45) is 0 Å². The van der Waals surface area contributed by atoms with E-state index in [4.69, 9.17) is 23.2 Å². The normalized spacial score (nSPS) is 16.0. The Balaban J connectivity index is 1.86. The van der Waals surface area contributed by atoms with Crippen molar-refractivity contribution in [1.29, 1.82) is 0 Å². The van der Waals surface area contributed by atoms with E-state index in [1.165, 1.54) is 18.4 Å². The molecule has 0 radical (unpaired) electrons. The van der Waals surface area contributed by atoms with Gasteiger partial charge in [0.15, 0.2) is 0 Å². The second kappa shape index (κ2) is 5.76. The lowest BCUT2D eigenvalue weighted by atomic mass is 10.0. The van der Waals surface area contributed by atoms with Crippen LogP contribution in [0.15, 0.2) is 35.3 Å². The highest BCUT2D eigenvalue weighted by atomic mass is 79.9. The molecule has 2 aromatic heterocycles. The molecule has 1 aromatic carbocycles. The van der Waals surface area contributed by atoms with Gasteiger partial charge < -0.3 is 4.57 Å². The van der Waals surface area contributed by atoms with Gasteiger partial charge in [-0.3, -0.25) is 0 Å². The third-order valence-electron chi connectivity index (χ3n) is 4.44. The van der Waals surface area contributed by atoms with Gasteiger partial charge in [-0.2, -0.15) is 0 Å². The molecule has 0 aliphatic heterocycles. The average molecular weight is 411 g/mol. The molecule has 0 saturated heterocycles. The average Bonchev–Trinajstić information content (AvgIpc) is 3.26. The molecule has 0 spiro atoms. The number of fused-ring (bicyclic) bond motifs is 1. The first-order valence-electron chi connectivity index (χ1n) is 7.52. The summed E-state index contributed by atoms with van der Waals surface area (Å²) in [4.78, 5) is 8.65. The topological polar surface area (TPSA) is 30.7 Å². The molecule has 3 nitrogen and oxygen atoms in total. The van der Waals surface area contributed by atoms with E-state index in [2.05, 4.69) is 43.5 Å². The summed E-state index contributed by atoms with van der Waals surface area (Å²) < 4.78 is 2.87. The first kappa shape index (κ1) is 15.4. The van der Waals surface area contributed by atoms with Crippen LogP contribution in [0.5, 0.6) is 0 Å². The number of nitrogens with zero attached hydrogens (tertiary/aromatic N) is 3. The van der Waals surface area contributed by atoms with Crippen molar-refractivity contribution in [2.75, 3.05) is 0 Å². The van der Waals surface area contributed by atoms with Crippen LogP contribution in [0.1, 0.15) is 42.9 Å². The van der Waals surface area contributed by atoms with Crippen LogP contribution in [-0.4, -0.2) is 14.5 Å². The molecular weight excluding hydrogens is 397 g/mol. The lowest BCUT2D eigenvalue weighted by Crippen LogP contribution is -2.08. The zero-order valence-corrected chi connectivity index (χ0v) is 15.5. The Hall–Kier alpha value is -1.10. The summed E-state index contributed by atoms with van der Waals surface area (Å²) in [7, 11) is 0. The summed E-state index contributed by atoms with van der Waals surface area (Å²) >= 11 is 16.6. The Morgan fingerprint density at radius 2 is 2.04 bits per heavy atom. The third kappa shape index (κ3) is 2.67. The fourth-order valence-corrected chi connectivity index (χ4v) is 4.19. The Morgan fingerprint density at radius 3 is 2.78 bits per heavy atom. The second-order valence-corrected chi connectivity index (χ2v) is 7.56. The minimum absolute atomic E-state index is 0.00648. The monoisotopic (exact) mass is 409 g/mol. The number of imidazole rings is 1. The summed E-state index contributed by atoms with van der Waals surface area (Å²) in [5.41, 5.74) is 4.03. The zero-order valence-electron chi connectivity index (χ0n) is 12.4. The third-order valence-corrected chi connectivity index (χ3v) is 5.62. The molecule has 0 bridgehead atoms. The minimum Gasteiger partial charge on any atom is -0.323 e. The van der Waals surface area contributed by atoms with Crippen LogP contribution >= 0.6 is 39.1 Å². The van der Waals surface area contributed by atoms with Gasteiger partial charge in [-0.05, 0) is 59.3 Å². The van der Waals surface area contributed by atoms with Crippen molar-refractivity contribution < 1.29 is 0 Å². The van der Waals surface area contributed by atoms with Crippen LogP contribution in [0.2, 0.25) is 10.0 Å². The van der Waals surface area contributed by atoms with E-state index in [1.54, 1.807) is 6.20 Å². The predicted octanol–water partition coefficient (Wildman–Crippen LogP) is 5.99. The van der Waals surface area contributed by atoms with Gasteiger partial charge in [0, 0.05) is 10.6 Å². The van der Waals surface area contributed by atoms with Crippen LogP contribution in [0.3, 0.4) is 0 Å². The smallest absolute Gasteiger partial charge is 0.108 e. The molecular formula is C17H14BrCl2N3. The lowest BCUT2D eigenvalue weighted by molar-refractivity contribution is 0.657. The first-order valence-corrected chi connectivity index (χ1v) is 9.07. The van der Waals surface area contributed by atoms with Crippen LogP contribution in [0, 0.1) is 0 Å². The van der Waals surface area contributed by atoms with Crippen LogP contribution in [0.25, 0.3) is 11.0 Å². The summed E-state index contributed by atoms with van der Waals surface area (Å²) in [6.45, 7) is 2.10. The van der Waals surface area contributed by atoms with Gasteiger partial charge in [0.1, 0.15) is 10.1 Å². The van der Waals surface area contributed by atoms with E-state index in [0.29, 0.717) is 10.9 Å². The van der Waals surface area contributed by atoms with Crippen molar-refractivity contribution >= 4 is 50.2 Å². The highest BCUT2D eigenvalue weighted by Gasteiger charge is 2.29. The fourth-order valence-electron chi connectivity index (χ4n) is 3.03. The zero-order chi connectivity index (χ0) is 16.1. The van der Waals surface area contributed by atoms with E-state index in [1.807, 2.05) is 18.5 Å². The maximum atomic E-state index is 6.70. The molecule has 6 heteroatoms. The van der Waals surface area contributed by atoms with E-state index in [0.717, 1.165) is 26.2 Å². The van der Waals surface area contributed by atoms with Crippen molar-refractivity contribution in [3.8, 4) is 0 Å². The van der Waals surface area contributed by atoms with Crippen LogP contribution in [-0.2, 0) is 0 Å². The van der Waals surface area contributed by atoms with E-state index >= 15 is 0 Å². The quantitative estimate of drug-likeness (QED) is 0.496. The highest BCUT2D eigenvalue weighted by Crippen LogP contribution is 2.47. The summed E-state index contributed by atoms with van der Waals surface area (Å²) in [6, 6.07) is 5.98. The molecule has 1 atom stereocenters. The summed E-state index contributed by atoms with van der Waals surface area (Å²) in [6.07, 6.45) is 6.00. The number of pyridine rings is 1. The number of hydrogen-bond donors (Lipinski definition) is 0. The molecule has 0 amide bonds. The molecule has 1 saturated carbocycles. The standard InChI is InChI=1S/C17H14BrCl2N3/c1-9(23-8-22-13-7-21-15(18)6-14(13)23)16-12(19)5-4-11(17(16)20)10-2-3-10/h4-10H,2-3H2,1H3/t9-/m1/s1. The lowest BCUT2D eigenvalue weighted by Gasteiger charge is -2.20. The number of hydrogen-bond acceptors (Lipinski definition) is 2. The second-order valence-electron chi connectivity index (χ2n) is 5.96. The Morgan fingerprint density at radius 1 is 1.26 bits per heavy atom. The van der Waals surface area contributed by atoms with E-state index in [9.17, 15) is 0 Å². The largest absolute Gasteiger partial charge is 0.323 e. The Bertz CT molecular complexity index is 902. The van der Waals surface area contributed by atoms with Gasteiger partial charge in [0.25, 0.3) is 0 Å². The molecule has 118 valence electrons. The van der Waals surface area contributed by atoms with Gasteiger partial charge in [-0.1, -0.05) is 29.3 Å². The van der Waals surface area contributed by atoms with Gasteiger partial charge in [-0.15, -0.1) is 0 Å². The van der Waals surface area contributed by atoms with E-state index in [-0.39, 0.29) is 6.04 Å². The molecule has 1 aliphatic rings. The molecule has 2 heterocycles. The molecule has 0 unspecified atom stereocenters. The van der Waals surface area contributed by atoms with Gasteiger partial charge in [0.05, 0.1) is 29.1 Å². The minimum atomic E-state index is -0.00648. The predicted molar refractivity (Wildman–Crippen MR) is 97.5 cm³/mol. The highest BCUT2D eigenvalue weighted by molar-refractivity contribution is 9.10. The van der Waals surface area contributed by atoms with E-state index < -0.39 is 0 Å². The van der Waals surface area contributed by atoms with Crippen LogP contribution < -0.4 is 0 Å². The van der Waals surface area contributed by atoms with Gasteiger partial charge in [-0.25, -0.2) is 9.97 Å². The van der Waals surface area contributed by atoms with Gasteiger partial charge >= 0.3 is 0 Å². The number of rotatable bonds is 3. The van der Waals surface area contributed by atoms with Crippen molar-refractivity contribution in [2.45, 2.75) is 31.7 Å². The number of aromatic nitrogens is 3. The summed E-state index contributed by atoms with van der Waals surface area (Å²) in [5.74, 6) is 0.587. The van der Waals surface area contributed by atoms with Gasteiger partial charge in [0.2, 0.25) is 0 Å². The summed E-state index contributed by atoms with van der Waals surface area (Å²) in [5, 5.41) is 1.49. The van der Waals surface area contributed by atoms with Crippen molar-refractivity contribution in [3.63, 3.8) is 0 Å². The molecule has 1 aliphatic carbocycles. The molecule has 1 fully saturated rings. The first-order chi connectivity index (χ1) is 11.1. The van der Waals surface area contributed by atoms with Crippen LogP contribution in [0.4, 0.5) is 0 Å². The fraction of sp³-hybridized carbons (Fsp3) is 0.294. The molecule has 23 heavy (non-hydrogen) atoms. The van der Waals surface area contributed by atoms with Crippen molar-refractivity contribution in [3.05, 3.63) is 56.5 Å². The Labute approximate surface area is 152 Å². The molecule has 4 rings (SSSR count). The Kier molecular flexibility index (Phi) is 3.87. The van der Waals surface area contributed by atoms with Crippen molar-refractivity contribution in [1.82, 2.24) is 14.5 Å². The number of halogens is 3. The maximum Gasteiger partial charge on any atom is 0.108 e. The maximum absolute atomic E-state index is 6.70. The molecule has 3 aromatic rings.